The van der Waals surface area contributed by atoms with Crippen LogP contribution in [0.4, 0.5) is 0 Å². The molecule has 1 aliphatic rings. The molecule has 0 aromatic heterocycles. The molecule has 3 heteroatoms. The first-order valence-corrected chi connectivity index (χ1v) is 8.91. The van der Waals surface area contributed by atoms with Gasteiger partial charge in [0.2, 0.25) is 5.91 Å². The van der Waals surface area contributed by atoms with Crippen molar-refractivity contribution < 1.29 is 4.79 Å². The molecule has 0 unspecified atom stereocenters. The zero-order valence-corrected chi connectivity index (χ0v) is 16.1. The van der Waals surface area contributed by atoms with Gasteiger partial charge in [0.05, 0.1) is 0 Å². The lowest BCUT2D eigenvalue weighted by atomic mass is 9.75. The number of carbonyl (C=O) groups is 1. The number of nitrogens with zero attached hydrogens (tertiary/aromatic N) is 1. The summed E-state index contributed by atoms with van der Waals surface area (Å²) >= 11 is 0. The van der Waals surface area contributed by atoms with Crippen LogP contribution in [-0.4, -0.2) is 35.0 Å². The van der Waals surface area contributed by atoms with E-state index in [-0.39, 0.29) is 22.9 Å². The van der Waals surface area contributed by atoms with E-state index < -0.39 is 0 Å². The van der Waals surface area contributed by atoms with Gasteiger partial charge in [0.25, 0.3) is 0 Å². The zero-order chi connectivity index (χ0) is 17.8. The van der Waals surface area contributed by atoms with Crippen LogP contribution in [0.25, 0.3) is 0 Å². The minimum absolute atomic E-state index is 0.0166. The highest BCUT2D eigenvalue weighted by Gasteiger charge is 2.41. The molecule has 1 heterocycles. The Morgan fingerprint density at radius 1 is 1.00 bits per heavy atom. The Hall–Kier alpha value is -1.09. The summed E-state index contributed by atoms with van der Waals surface area (Å²) in [6.45, 7) is 22.4. The number of hydrogen-bond donors (Lipinski definition) is 1. The maximum Gasteiger partial charge on any atom is 0.226 e. The molecule has 1 fully saturated rings. The Bertz CT molecular complexity index is 428. The Labute approximate surface area is 143 Å². The van der Waals surface area contributed by atoms with Crippen LogP contribution in [0.3, 0.4) is 0 Å². The van der Waals surface area contributed by atoms with Crippen LogP contribution >= 0.6 is 0 Å². The van der Waals surface area contributed by atoms with E-state index >= 15 is 0 Å². The second-order valence-corrected chi connectivity index (χ2v) is 8.40. The Morgan fingerprint density at radius 3 is 1.74 bits per heavy atom. The first-order valence-electron chi connectivity index (χ1n) is 8.91. The molecule has 0 radical (unpaired) electrons. The predicted molar refractivity (Wildman–Crippen MR) is 99.5 cm³/mol. The van der Waals surface area contributed by atoms with Crippen molar-refractivity contribution in [2.75, 3.05) is 13.1 Å². The third-order valence-electron chi connectivity index (χ3n) is 4.68. The molecule has 0 spiro atoms. The number of carbonyl (C=O) groups excluding carboxylic acids is 1. The fraction of sp³-hybridized carbons (Fsp3) is 0.750. The van der Waals surface area contributed by atoms with Crippen molar-refractivity contribution in [3.8, 4) is 0 Å². The molecule has 0 aliphatic carbocycles. The van der Waals surface area contributed by atoms with E-state index in [0.717, 1.165) is 36.8 Å². The highest BCUT2D eigenvalue weighted by Crippen LogP contribution is 2.34. The molecular formula is C20H36N2O. The molecule has 1 rings (SSSR count). The van der Waals surface area contributed by atoms with Crippen LogP contribution in [0.15, 0.2) is 24.3 Å². The molecule has 3 nitrogen and oxygen atoms in total. The van der Waals surface area contributed by atoms with Gasteiger partial charge in [-0.3, -0.25) is 4.79 Å². The third-order valence-corrected chi connectivity index (χ3v) is 4.68. The second-order valence-electron chi connectivity index (χ2n) is 8.40. The van der Waals surface area contributed by atoms with Crippen LogP contribution in [0, 0.1) is 5.92 Å². The van der Waals surface area contributed by atoms with Gasteiger partial charge in [0.1, 0.15) is 0 Å². The van der Waals surface area contributed by atoms with E-state index in [0.29, 0.717) is 13.1 Å². The first-order chi connectivity index (χ1) is 10.5. The number of piperidine rings is 1. The van der Waals surface area contributed by atoms with Crippen LogP contribution < -0.4 is 5.32 Å². The van der Waals surface area contributed by atoms with Gasteiger partial charge in [-0.05, 0) is 53.4 Å². The average Bonchev–Trinajstić information content (AvgIpc) is 2.41. The zero-order valence-electron chi connectivity index (χ0n) is 16.1. The Morgan fingerprint density at radius 2 is 1.39 bits per heavy atom. The fourth-order valence-electron chi connectivity index (χ4n) is 3.73. The molecular weight excluding hydrogens is 284 g/mol. The van der Waals surface area contributed by atoms with Gasteiger partial charge in [-0.15, -0.1) is 0 Å². The van der Waals surface area contributed by atoms with E-state index in [1.54, 1.807) is 0 Å². The van der Waals surface area contributed by atoms with Gasteiger partial charge in [-0.2, -0.15) is 0 Å². The maximum atomic E-state index is 13.2. The SMILES string of the molecule is C=C(CC)CN(CC(=C)CC)C(=O)C1CC(C)(C)NC(C)(C)C1. The van der Waals surface area contributed by atoms with Crippen LogP contribution in [-0.2, 0) is 4.79 Å². The minimum atomic E-state index is -0.0166. The fourth-order valence-corrected chi connectivity index (χ4v) is 3.73. The smallest absolute Gasteiger partial charge is 0.226 e. The van der Waals surface area contributed by atoms with Crippen molar-refractivity contribution in [3.05, 3.63) is 24.3 Å². The Balaban J connectivity index is 2.93. The van der Waals surface area contributed by atoms with Crippen molar-refractivity contribution in [3.63, 3.8) is 0 Å². The molecule has 1 aliphatic heterocycles. The molecule has 0 aromatic rings. The van der Waals surface area contributed by atoms with Crippen molar-refractivity contribution in [2.45, 2.75) is 78.3 Å². The van der Waals surface area contributed by atoms with Gasteiger partial charge in [-0.25, -0.2) is 0 Å². The normalized spacial score (nSPS) is 20.1. The van der Waals surface area contributed by atoms with Gasteiger partial charge < -0.3 is 10.2 Å². The molecule has 1 N–H and O–H groups in total. The largest absolute Gasteiger partial charge is 0.334 e. The van der Waals surface area contributed by atoms with E-state index in [9.17, 15) is 4.79 Å². The number of amides is 1. The standard InChI is InChI=1S/C20H36N2O/c1-9-15(3)13-22(14-16(4)10-2)18(23)17-11-19(5,6)21-20(7,8)12-17/h17,21H,3-4,9-14H2,1-2,5-8H3. The van der Waals surface area contributed by atoms with E-state index in [1.165, 1.54) is 0 Å². The summed E-state index contributed by atoms with van der Waals surface area (Å²) in [7, 11) is 0. The van der Waals surface area contributed by atoms with Gasteiger partial charge in [-0.1, -0.05) is 38.2 Å². The predicted octanol–water partition coefficient (Wildman–Crippen LogP) is 4.30. The van der Waals surface area contributed by atoms with E-state index in [2.05, 4.69) is 60.0 Å². The summed E-state index contributed by atoms with van der Waals surface area (Å²) in [5.41, 5.74) is 2.18. The maximum absolute atomic E-state index is 13.2. The highest BCUT2D eigenvalue weighted by molar-refractivity contribution is 5.80. The average molecular weight is 321 g/mol. The molecule has 0 atom stereocenters. The lowest BCUT2D eigenvalue weighted by molar-refractivity contribution is -0.137. The van der Waals surface area contributed by atoms with Crippen molar-refractivity contribution in [1.82, 2.24) is 10.2 Å². The van der Waals surface area contributed by atoms with Crippen LogP contribution in [0.2, 0.25) is 0 Å². The lowest BCUT2D eigenvalue weighted by Gasteiger charge is -2.47. The summed E-state index contributed by atoms with van der Waals surface area (Å²) in [6.07, 6.45) is 3.57. The number of rotatable bonds is 7. The monoisotopic (exact) mass is 320 g/mol. The summed E-state index contributed by atoms with van der Waals surface area (Å²) < 4.78 is 0. The van der Waals surface area contributed by atoms with E-state index in [1.807, 2.05) is 4.90 Å². The summed E-state index contributed by atoms with van der Waals surface area (Å²) in [4.78, 5) is 15.2. The van der Waals surface area contributed by atoms with Crippen molar-refractivity contribution >= 4 is 5.91 Å². The quantitative estimate of drug-likeness (QED) is 0.709. The molecule has 1 amide bonds. The summed E-state index contributed by atoms with van der Waals surface area (Å²) in [6, 6.07) is 0. The van der Waals surface area contributed by atoms with Gasteiger partial charge in [0, 0.05) is 30.1 Å². The minimum Gasteiger partial charge on any atom is -0.334 e. The Kier molecular flexibility index (Phi) is 6.64. The van der Waals surface area contributed by atoms with Crippen LogP contribution in [0.1, 0.15) is 67.2 Å². The number of nitrogens with one attached hydrogen (secondary N) is 1. The molecule has 1 saturated heterocycles. The van der Waals surface area contributed by atoms with E-state index in [4.69, 9.17) is 0 Å². The summed E-state index contributed by atoms with van der Waals surface area (Å²) in [5, 5.41) is 3.65. The second kappa shape index (κ2) is 7.65. The third kappa shape index (κ3) is 6.14. The summed E-state index contributed by atoms with van der Waals surface area (Å²) in [5.74, 6) is 0.326. The van der Waals surface area contributed by atoms with Gasteiger partial charge in [0.15, 0.2) is 0 Å². The topological polar surface area (TPSA) is 32.3 Å². The van der Waals surface area contributed by atoms with Crippen molar-refractivity contribution in [1.29, 1.82) is 0 Å². The molecule has 0 saturated carbocycles. The lowest BCUT2D eigenvalue weighted by Crippen LogP contribution is -2.60. The molecule has 132 valence electrons. The van der Waals surface area contributed by atoms with Crippen LogP contribution in [0.5, 0.6) is 0 Å². The highest BCUT2D eigenvalue weighted by atomic mass is 16.2. The molecule has 0 bridgehead atoms. The van der Waals surface area contributed by atoms with Crippen molar-refractivity contribution in [2.24, 2.45) is 5.92 Å². The number of hydrogen-bond acceptors (Lipinski definition) is 2. The van der Waals surface area contributed by atoms with Gasteiger partial charge >= 0.3 is 0 Å². The molecule has 0 aromatic carbocycles. The first kappa shape index (κ1) is 20.0. The molecule has 23 heavy (non-hydrogen) atoms.